The topological polar surface area (TPSA) is 32.3 Å². The summed E-state index contributed by atoms with van der Waals surface area (Å²) in [6.45, 7) is 8.69. The van der Waals surface area contributed by atoms with E-state index in [1.807, 2.05) is 0 Å². The second-order valence-electron chi connectivity index (χ2n) is 7.74. The number of hydrogen-bond donors (Lipinski definition) is 1. The molecule has 0 aliphatic carbocycles. The third-order valence-corrected chi connectivity index (χ3v) is 6.02. The fraction of sp³-hybridized carbons (Fsp3) is 0.632. The lowest BCUT2D eigenvalue weighted by atomic mass is 9.87. The second-order valence-corrected chi connectivity index (χ2v) is 8.79. The molecule has 1 N–H and O–H groups in total. The first kappa shape index (κ1) is 19.6. The molecule has 1 amide bonds. The first-order valence-corrected chi connectivity index (χ1v) is 9.69. The minimum absolute atomic E-state index is 0. The molecule has 0 saturated carbocycles. The van der Waals surface area contributed by atoms with Gasteiger partial charge in [0.15, 0.2) is 0 Å². The maximum Gasteiger partial charge on any atom is 0.233 e. The number of benzene rings is 1. The van der Waals surface area contributed by atoms with E-state index in [-0.39, 0.29) is 17.8 Å². The van der Waals surface area contributed by atoms with Crippen molar-refractivity contribution in [2.24, 2.45) is 0 Å². The van der Waals surface area contributed by atoms with Gasteiger partial charge >= 0.3 is 0 Å². The van der Waals surface area contributed by atoms with E-state index in [2.05, 4.69) is 55.3 Å². The maximum atomic E-state index is 12.7. The van der Waals surface area contributed by atoms with E-state index in [1.54, 1.807) is 11.8 Å². The monoisotopic (exact) mass is 368 g/mol. The average Bonchev–Trinajstić information content (AvgIpc) is 2.77. The number of nitrogens with one attached hydrogen (secondary N) is 1. The molecule has 0 spiro atoms. The first-order valence-electron chi connectivity index (χ1n) is 8.70. The van der Waals surface area contributed by atoms with Crippen molar-refractivity contribution in [3.05, 3.63) is 29.8 Å². The van der Waals surface area contributed by atoms with Gasteiger partial charge in [-0.3, -0.25) is 4.79 Å². The van der Waals surface area contributed by atoms with Gasteiger partial charge in [-0.15, -0.1) is 24.2 Å². The van der Waals surface area contributed by atoms with Gasteiger partial charge in [0.2, 0.25) is 5.91 Å². The Morgan fingerprint density at radius 3 is 2.50 bits per heavy atom. The highest BCUT2D eigenvalue weighted by Gasteiger charge is 2.37. The molecule has 3 rings (SSSR count). The van der Waals surface area contributed by atoms with Crippen molar-refractivity contribution in [2.75, 3.05) is 18.8 Å². The first-order chi connectivity index (χ1) is 10.9. The number of amides is 1. The number of halogens is 1. The van der Waals surface area contributed by atoms with Gasteiger partial charge in [-0.25, -0.2) is 0 Å². The van der Waals surface area contributed by atoms with Crippen LogP contribution < -0.4 is 5.32 Å². The summed E-state index contributed by atoms with van der Waals surface area (Å²) < 4.78 is 0. The van der Waals surface area contributed by atoms with E-state index >= 15 is 0 Å². The van der Waals surface area contributed by atoms with Gasteiger partial charge in [0, 0.05) is 23.5 Å². The van der Waals surface area contributed by atoms with Crippen molar-refractivity contribution in [1.82, 2.24) is 10.2 Å². The lowest BCUT2D eigenvalue weighted by Gasteiger charge is -2.27. The average molecular weight is 369 g/mol. The molecule has 2 aliphatic heterocycles. The van der Waals surface area contributed by atoms with E-state index in [4.69, 9.17) is 0 Å². The molecule has 2 heterocycles. The third-order valence-electron chi connectivity index (χ3n) is 5.02. The number of rotatable bonds is 3. The molecule has 2 fully saturated rings. The smallest absolute Gasteiger partial charge is 0.233 e. The Kier molecular flexibility index (Phi) is 6.63. The number of carbonyl (C=O) groups is 1. The van der Waals surface area contributed by atoms with E-state index in [0.717, 1.165) is 25.9 Å². The summed E-state index contributed by atoms with van der Waals surface area (Å²) in [6, 6.07) is 9.55. The van der Waals surface area contributed by atoms with Gasteiger partial charge in [-0.05, 0) is 48.9 Å². The van der Waals surface area contributed by atoms with Crippen LogP contribution in [0.1, 0.15) is 45.6 Å². The van der Waals surface area contributed by atoms with Crippen LogP contribution in [0, 0.1) is 0 Å². The summed E-state index contributed by atoms with van der Waals surface area (Å²) in [6.07, 6.45) is 3.45. The van der Waals surface area contributed by atoms with Crippen LogP contribution in [0.3, 0.4) is 0 Å². The highest BCUT2D eigenvalue weighted by atomic mass is 35.5. The molecule has 2 unspecified atom stereocenters. The number of carbonyl (C=O) groups excluding carboxylic acids is 1. The molecule has 24 heavy (non-hydrogen) atoms. The van der Waals surface area contributed by atoms with Crippen LogP contribution in [0.15, 0.2) is 29.2 Å². The van der Waals surface area contributed by atoms with Gasteiger partial charge in [-0.1, -0.05) is 32.9 Å². The van der Waals surface area contributed by atoms with E-state index in [1.165, 1.54) is 16.9 Å². The van der Waals surface area contributed by atoms with Gasteiger partial charge in [0.25, 0.3) is 0 Å². The zero-order valence-corrected chi connectivity index (χ0v) is 16.5. The Labute approximate surface area is 156 Å². The summed E-state index contributed by atoms with van der Waals surface area (Å²) >= 11 is 1.67. The summed E-state index contributed by atoms with van der Waals surface area (Å²) in [5.74, 6) is 0.869. The van der Waals surface area contributed by atoms with Crippen LogP contribution in [-0.2, 0) is 10.2 Å². The fourth-order valence-electron chi connectivity index (χ4n) is 3.66. The maximum absolute atomic E-state index is 12.7. The molecule has 5 heteroatoms. The van der Waals surface area contributed by atoms with Crippen LogP contribution in [0.2, 0.25) is 0 Å². The molecular formula is C19H29ClN2OS. The van der Waals surface area contributed by atoms with Crippen LogP contribution in [0.4, 0.5) is 0 Å². The van der Waals surface area contributed by atoms with Gasteiger partial charge in [0.05, 0.1) is 5.75 Å². The summed E-state index contributed by atoms with van der Waals surface area (Å²) in [7, 11) is 0. The largest absolute Gasteiger partial charge is 0.335 e. The molecule has 1 aromatic carbocycles. The Morgan fingerprint density at radius 1 is 1.17 bits per heavy atom. The summed E-state index contributed by atoms with van der Waals surface area (Å²) in [4.78, 5) is 16.1. The van der Waals surface area contributed by atoms with Gasteiger partial charge < -0.3 is 10.2 Å². The van der Waals surface area contributed by atoms with Crippen molar-refractivity contribution < 1.29 is 4.79 Å². The van der Waals surface area contributed by atoms with Crippen LogP contribution in [-0.4, -0.2) is 41.7 Å². The zero-order chi connectivity index (χ0) is 16.4. The minimum Gasteiger partial charge on any atom is -0.335 e. The lowest BCUT2D eigenvalue weighted by molar-refractivity contribution is -0.130. The number of nitrogens with zero attached hydrogens (tertiary/aromatic N) is 1. The van der Waals surface area contributed by atoms with Crippen molar-refractivity contribution in [3.63, 3.8) is 0 Å². The normalized spacial score (nSPS) is 23.5. The molecule has 3 nitrogen and oxygen atoms in total. The summed E-state index contributed by atoms with van der Waals surface area (Å²) in [5.41, 5.74) is 1.52. The van der Waals surface area contributed by atoms with Crippen molar-refractivity contribution in [1.29, 1.82) is 0 Å². The predicted molar refractivity (Wildman–Crippen MR) is 104 cm³/mol. The van der Waals surface area contributed by atoms with Crippen LogP contribution in [0.5, 0.6) is 0 Å². The quantitative estimate of drug-likeness (QED) is 0.822. The van der Waals surface area contributed by atoms with Crippen molar-refractivity contribution >= 4 is 30.1 Å². The van der Waals surface area contributed by atoms with Crippen LogP contribution in [0.25, 0.3) is 0 Å². The molecular weight excluding hydrogens is 340 g/mol. The molecule has 2 aliphatic rings. The fourth-order valence-corrected chi connectivity index (χ4v) is 4.43. The Morgan fingerprint density at radius 2 is 1.83 bits per heavy atom. The molecule has 1 aromatic rings. The number of hydrogen-bond acceptors (Lipinski definition) is 3. The zero-order valence-electron chi connectivity index (χ0n) is 14.9. The molecule has 2 saturated heterocycles. The Balaban J connectivity index is 0.00000208. The highest BCUT2D eigenvalue weighted by Crippen LogP contribution is 2.30. The van der Waals surface area contributed by atoms with Crippen molar-refractivity contribution in [2.45, 2.75) is 62.4 Å². The standard InChI is InChI=1S/C19H28N2OS.ClH/c1-19(2,3)14-4-8-17(9-5-14)23-13-18(22)21-15-6-7-16(21)12-20-11-10-15;/h4-5,8-9,15-16,20H,6-7,10-13H2,1-3H3;1H. The van der Waals surface area contributed by atoms with Gasteiger partial charge in [0.1, 0.15) is 0 Å². The third kappa shape index (κ3) is 4.47. The second kappa shape index (κ2) is 8.11. The highest BCUT2D eigenvalue weighted by molar-refractivity contribution is 8.00. The number of fused-ring (bicyclic) bond motifs is 2. The lowest BCUT2D eigenvalue weighted by Crippen LogP contribution is -2.43. The molecule has 2 bridgehead atoms. The van der Waals surface area contributed by atoms with E-state index < -0.39 is 0 Å². The van der Waals surface area contributed by atoms with Gasteiger partial charge in [-0.2, -0.15) is 0 Å². The Bertz CT molecular complexity index is 541. The van der Waals surface area contributed by atoms with E-state index in [9.17, 15) is 4.79 Å². The molecule has 2 atom stereocenters. The SMILES string of the molecule is CC(C)(C)c1ccc(SCC(=O)N2C3CCNCC2CC3)cc1.Cl. The predicted octanol–water partition coefficient (Wildman–Crippen LogP) is 3.85. The van der Waals surface area contributed by atoms with Crippen LogP contribution >= 0.6 is 24.2 Å². The molecule has 0 radical (unpaired) electrons. The van der Waals surface area contributed by atoms with Crippen molar-refractivity contribution in [3.8, 4) is 0 Å². The minimum atomic E-state index is 0. The number of thioether (sulfide) groups is 1. The van der Waals surface area contributed by atoms with E-state index in [0.29, 0.717) is 23.7 Å². The Hall–Kier alpha value is -0.710. The summed E-state index contributed by atoms with van der Waals surface area (Å²) in [5, 5.41) is 3.46. The molecule has 134 valence electrons. The molecule has 0 aromatic heterocycles.